The van der Waals surface area contributed by atoms with Crippen molar-refractivity contribution in [2.24, 2.45) is 0 Å². The van der Waals surface area contributed by atoms with Gasteiger partial charge in [-0.3, -0.25) is 9.69 Å². The van der Waals surface area contributed by atoms with Gasteiger partial charge in [0.05, 0.1) is 0 Å². The van der Waals surface area contributed by atoms with Gasteiger partial charge < -0.3 is 10.4 Å². The van der Waals surface area contributed by atoms with E-state index in [1.54, 1.807) is 0 Å². The first-order chi connectivity index (χ1) is 16.0. The highest BCUT2D eigenvalue weighted by Gasteiger charge is 2.26. The van der Waals surface area contributed by atoms with Crippen LogP contribution in [0, 0.1) is 6.92 Å². The molecule has 0 bridgehead atoms. The summed E-state index contributed by atoms with van der Waals surface area (Å²) in [6.07, 6.45) is 5.90. The van der Waals surface area contributed by atoms with Gasteiger partial charge in [-0.25, -0.2) is 0 Å². The predicted molar refractivity (Wildman–Crippen MR) is 134 cm³/mol. The van der Waals surface area contributed by atoms with Crippen LogP contribution in [0.1, 0.15) is 57.6 Å². The van der Waals surface area contributed by atoms with E-state index >= 15 is 0 Å². The summed E-state index contributed by atoms with van der Waals surface area (Å²) in [6, 6.07) is 22.2. The van der Waals surface area contributed by atoms with Crippen molar-refractivity contribution in [3.05, 3.63) is 106 Å². The summed E-state index contributed by atoms with van der Waals surface area (Å²) >= 11 is 0. The molecule has 4 rings (SSSR count). The Hall–Kier alpha value is -3.37. The van der Waals surface area contributed by atoms with Crippen molar-refractivity contribution in [3.63, 3.8) is 0 Å². The maximum atomic E-state index is 12.9. The van der Waals surface area contributed by atoms with Gasteiger partial charge in [-0.05, 0) is 66.6 Å². The van der Waals surface area contributed by atoms with Gasteiger partial charge in [0, 0.05) is 31.2 Å². The lowest BCUT2D eigenvalue weighted by Gasteiger charge is -2.36. The largest absolute Gasteiger partial charge is 0.508 e. The Morgan fingerprint density at radius 2 is 1.88 bits per heavy atom. The van der Waals surface area contributed by atoms with Gasteiger partial charge in [-0.1, -0.05) is 66.7 Å². The van der Waals surface area contributed by atoms with E-state index in [9.17, 15) is 9.90 Å². The Bertz CT molecular complexity index is 1140. The number of phenols is 1. The van der Waals surface area contributed by atoms with Crippen LogP contribution in [-0.2, 0) is 13.0 Å². The average molecular weight is 441 g/mol. The van der Waals surface area contributed by atoms with E-state index in [-0.39, 0.29) is 11.9 Å². The van der Waals surface area contributed by atoms with Crippen LogP contribution in [-0.4, -0.2) is 29.0 Å². The Kier molecular flexibility index (Phi) is 7.26. The lowest BCUT2D eigenvalue weighted by molar-refractivity contribution is 0.0951. The van der Waals surface area contributed by atoms with E-state index in [0.29, 0.717) is 18.8 Å². The fourth-order valence-electron chi connectivity index (χ4n) is 4.49. The smallest absolute Gasteiger partial charge is 0.251 e. The third-order valence-electron chi connectivity index (χ3n) is 6.47. The Balaban J connectivity index is 1.38. The maximum Gasteiger partial charge on any atom is 0.251 e. The molecule has 0 saturated carbocycles. The molecule has 2 N–H and O–H groups in total. The van der Waals surface area contributed by atoms with Crippen molar-refractivity contribution in [3.8, 4) is 5.75 Å². The molecule has 4 heteroatoms. The van der Waals surface area contributed by atoms with Gasteiger partial charge in [0.15, 0.2) is 0 Å². The zero-order valence-corrected chi connectivity index (χ0v) is 19.4. The molecule has 0 aromatic heterocycles. The van der Waals surface area contributed by atoms with Crippen LogP contribution in [0.4, 0.5) is 0 Å². The standard InChI is InChI=1S/C29H32N2O2/c1-21-18-24-15-17-31(22(2)27(24)19-28(21)32)20-25-13-6-7-14-26(25)29(33)30-16-9-8-12-23-10-4-3-5-11-23/h3-8,10-14,18-19,22,32H,9,15-17,20H2,1-2H3,(H,30,33)/b12-8+. The molecule has 0 aliphatic carbocycles. The van der Waals surface area contributed by atoms with Crippen LogP contribution in [0.25, 0.3) is 6.08 Å². The fraction of sp³-hybridized carbons (Fsp3) is 0.276. The van der Waals surface area contributed by atoms with Crippen molar-refractivity contribution < 1.29 is 9.90 Å². The number of rotatable bonds is 7. The molecule has 1 aliphatic heterocycles. The molecule has 3 aromatic rings. The number of aromatic hydroxyl groups is 1. The lowest BCUT2D eigenvalue weighted by atomic mass is 9.91. The first-order valence-corrected chi connectivity index (χ1v) is 11.7. The van der Waals surface area contributed by atoms with E-state index in [2.05, 4.69) is 47.5 Å². The molecule has 0 fully saturated rings. The van der Waals surface area contributed by atoms with Gasteiger partial charge >= 0.3 is 0 Å². The van der Waals surface area contributed by atoms with Crippen molar-refractivity contribution >= 4 is 12.0 Å². The third-order valence-corrected chi connectivity index (χ3v) is 6.47. The summed E-state index contributed by atoms with van der Waals surface area (Å²) in [5.41, 5.74) is 6.33. The molecule has 0 radical (unpaired) electrons. The lowest BCUT2D eigenvalue weighted by Crippen LogP contribution is -2.34. The topological polar surface area (TPSA) is 52.6 Å². The average Bonchev–Trinajstić information content (AvgIpc) is 2.83. The summed E-state index contributed by atoms with van der Waals surface area (Å²) in [4.78, 5) is 15.3. The third kappa shape index (κ3) is 5.52. The number of nitrogens with zero attached hydrogens (tertiary/aromatic N) is 1. The molecule has 0 spiro atoms. The minimum Gasteiger partial charge on any atom is -0.508 e. The molecule has 1 amide bonds. The number of fused-ring (bicyclic) bond motifs is 1. The number of hydrogen-bond donors (Lipinski definition) is 2. The first kappa shape index (κ1) is 22.8. The Labute approximate surface area is 196 Å². The number of phenolic OH excluding ortho intramolecular Hbond substituents is 1. The predicted octanol–water partition coefficient (Wildman–Crippen LogP) is 5.65. The monoisotopic (exact) mass is 440 g/mol. The first-order valence-electron chi connectivity index (χ1n) is 11.7. The normalized spacial score (nSPS) is 16.0. The number of carbonyl (C=O) groups excluding carboxylic acids is 1. The second-order valence-corrected chi connectivity index (χ2v) is 8.75. The van der Waals surface area contributed by atoms with Crippen molar-refractivity contribution in [2.45, 2.75) is 39.3 Å². The van der Waals surface area contributed by atoms with Gasteiger partial charge in [0.2, 0.25) is 0 Å². The van der Waals surface area contributed by atoms with E-state index in [1.807, 2.05) is 55.5 Å². The van der Waals surface area contributed by atoms with Crippen molar-refractivity contribution in [2.75, 3.05) is 13.1 Å². The minimum atomic E-state index is -0.0305. The number of amides is 1. The van der Waals surface area contributed by atoms with E-state index in [1.165, 1.54) is 11.1 Å². The highest BCUT2D eigenvalue weighted by molar-refractivity contribution is 5.95. The van der Waals surface area contributed by atoms with Gasteiger partial charge in [-0.15, -0.1) is 0 Å². The molecule has 1 atom stereocenters. The van der Waals surface area contributed by atoms with Crippen LogP contribution in [0.3, 0.4) is 0 Å². The van der Waals surface area contributed by atoms with Gasteiger partial charge in [0.1, 0.15) is 5.75 Å². The SMILES string of the molecule is Cc1cc2c(cc1O)C(C)N(Cc1ccccc1C(=O)NCC/C=C/c1ccccc1)CC2. The molecular weight excluding hydrogens is 408 g/mol. The number of nitrogens with one attached hydrogen (secondary N) is 1. The van der Waals surface area contributed by atoms with E-state index in [0.717, 1.165) is 41.6 Å². The molecule has 33 heavy (non-hydrogen) atoms. The second kappa shape index (κ2) is 10.5. The fourth-order valence-corrected chi connectivity index (χ4v) is 4.49. The van der Waals surface area contributed by atoms with Crippen LogP contribution < -0.4 is 5.32 Å². The minimum absolute atomic E-state index is 0.0305. The second-order valence-electron chi connectivity index (χ2n) is 8.75. The highest BCUT2D eigenvalue weighted by Crippen LogP contribution is 2.34. The van der Waals surface area contributed by atoms with Crippen LogP contribution in [0.2, 0.25) is 0 Å². The summed E-state index contributed by atoms with van der Waals surface area (Å²) in [6.45, 7) is 6.35. The van der Waals surface area contributed by atoms with Crippen LogP contribution in [0.5, 0.6) is 5.75 Å². The highest BCUT2D eigenvalue weighted by atomic mass is 16.3. The van der Waals surface area contributed by atoms with Crippen molar-refractivity contribution in [1.29, 1.82) is 0 Å². The molecular formula is C29H32N2O2. The van der Waals surface area contributed by atoms with Gasteiger partial charge in [0.25, 0.3) is 5.91 Å². The molecule has 170 valence electrons. The molecule has 1 aliphatic rings. The maximum absolute atomic E-state index is 12.9. The quantitative estimate of drug-likeness (QED) is 0.467. The molecule has 4 nitrogen and oxygen atoms in total. The number of aryl methyl sites for hydroxylation is 1. The zero-order chi connectivity index (χ0) is 23.2. The van der Waals surface area contributed by atoms with E-state index < -0.39 is 0 Å². The Morgan fingerprint density at radius 3 is 2.70 bits per heavy atom. The van der Waals surface area contributed by atoms with Crippen LogP contribution >= 0.6 is 0 Å². The molecule has 1 unspecified atom stereocenters. The number of carbonyl (C=O) groups is 1. The van der Waals surface area contributed by atoms with Crippen LogP contribution in [0.15, 0.2) is 72.8 Å². The summed E-state index contributed by atoms with van der Waals surface area (Å²) < 4.78 is 0. The zero-order valence-electron chi connectivity index (χ0n) is 19.4. The number of hydrogen-bond acceptors (Lipinski definition) is 3. The van der Waals surface area contributed by atoms with Crippen molar-refractivity contribution in [1.82, 2.24) is 10.2 Å². The molecule has 1 heterocycles. The Morgan fingerprint density at radius 1 is 1.12 bits per heavy atom. The summed E-state index contributed by atoms with van der Waals surface area (Å²) in [7, 11) is 0. The molecule has 0 saturated heterocycles. The summed E-state index contributed by atoms with van der Waals surface area (Å²) in [5, 5.41) is 13.3. The number of benzene rings is 3. The molecule has 3 aromatic carbocycles. The van der Waals surface area contributed by atoms with Gasteiger partial charge in [-0.2, -0.15) is 0 Å². The van der Waals surface area contributed by atoms with E-state index in [4.69, 9.17) is 0 Å². The summed E-state index contributed by atoms with van der Waals surface area (Å²) in [5.74, 6) is 0.320.